The van der Waals surface area contributed by atoms with Crippen molar-refractivity contribution in [2.75, 3.05) is 19.2 Å². The van der Waals surface area contributed by atoms with Gasteiger partial charge in [-0.25, -0.2) is 9.76 Å². The maximum atomic E-state index is 12.2. The van der Waals surface area contributed by atoms with E-state index < -0.39 is 7.59 Å². The largest absolute Gasteiger partial charge is 0.312 e. The molecule has 0 bridgehead atoms. The molecule has 0 spiro atoms. The molecule has 1 aromatic rings. The highest BCUT2D eigenvalue weighted by Gasteiger charge is 2.28. The van der Waals surface area contributed by atoms with Crippen molar-refractivity contribution in [3.05, 3.63) is 29.8 Å². The van der Waals surface area contributed by atoms with Crippen molar-refractivity contribution in [2.45, 2.75) is 6.54 Å². The summed E-state index contributed by atoms with van der Waals surface area (Å²) in [6, 6.07) is 7.89. The Labute approximate surface area is 83.8 Å². The highest BCUT2D eigenvalue weighted by molar-refractivity contribution is 7.61. The van der Waals surface area contributed by atoms with Gasteiger partial charge in [0, 0.05) is 12.2 Å². The number of benzene rings is 1. The molecule has 0 saturated heterocycles. The van der Waals surface area contributed by atoms with Crippen LogP contribution in [0.2, 0.25) is 0 Å². The lowest BCUT2D eigenvalue weighted by molar-refractivity contribution is 0.503. The van der Waals surface area contributed by atoms with Crippen LogP contribution in [-0.4, -0.2) is 18.8 Å². The summed E-state index contributed by atoms with van der Waals surface area (Å²) in [5.41, 5.74) is 2.11. The van der Waals surface area contributed by atoms with Gasteiger partial charge < -0.3 is 5.09 Å². The zero-order chi connectivity index (χ0) is 10.2. The minimum Gasteiger partial charge on any atom is -0.312 e. The number of nitrogens with one attached hydrogen (secondary N) is 2. The van der Waals surface area contributed by atoms with Crippen LogP contribution in [0.25, 0.3) is 0 Å². The highest BCUT2D eigenvalue weighted by Crippen LogP contribution is 2.46. The molecule has 14 heavy (non-hydrogen) atoms. The van der Waals surface area contributed by atoms with Crippen molar-refractivity contribution in [3.8, 4) is 0 Å². The predicted molar refractivity (Wildman–Crippen MR) is 58.2 cm³/mol. The normalized spacial score (nSPS) is 25.6. The number of nitrogens with zero attached hydrogens (tertiary/aromatic N) is 1. The van der Waals surface area contributed by atoms with Gasteiger partial charge in [0.05, 0.1) is 0 Å². The third kappa shape index (κ3) is 1.57. The molecule has 76 valence electrons. The van der Waals surface area contributed by atoms with E-state index in [0.717, 1.165) is 11.3 Å². The van der Waals surface area contributed by atoms with Crippen molar-refractivity contribution in [1.82, 2.24) is 9.76 Å². The van der Waals surface area contributed by atoms with E-state index >= 15 is 0 Å². The number of fused-ring (bicyclic) bond motifs is 1. The fourth-order valence-corrected chi connectivity index (χ4v) is 2.91. The van der Waals surface area contributed by atoms with E-state index in [0.29, 0.717) is 6.54 Å². The summed E-state index contributed by atoms with van der Waals surface area (Å²) in [6.07, 6.45) is 0. The molecule has 0 aliphatic carbocycles. The molecule has 2 N–H and O–H groups in total. The number of hydrogen-bond acceptors (Lipinski definition) is 1. The quantitative estimate of drug-likeness (QED) is 0.696. The van der Waals surface area contributed by atoms with Crippen LogP contribution in [0.5, 0.6) is 0 Å². The van der Waals surface area contributed by atoms with Gasteiger partial charge in [0.25, 0.3) is 0 Å². The van der Waals surface area contributed by atoms with Crippen molar-refractivity contribution in [2.24, 2.45) is 0 Å². The first-order valence-electron chi connectivity index (χ1n) is 4.51. The first-order chi connectivity index (χ1) is 6.62. The van der Waals surface area contributed by atoms with Crippen molar-refractivity contribution in [3.63, 3.8) is 0 Å². The molecule has 0 unspecified atom stereocenters. The Morgan fingerprint density at radius 1 is 1.36 bits per heavy atom. The first kappa shape index (κ1) is 9.71. The summed E-state index contributed by atoms with van der Waals surface area (Å²) in [7, 11) is 1.02. The second-order valence-corrected chi connectivity index (χ2v) is 6.02. The van der Waals surface area contributed by atoms with Crippen molar-refractivity contribution < 1.29 is 4.57 Å². The molecule has 5 heteroatoms. The topological polar surface area (TPSA) is 44.4 Å². The summed E-state index contributed by atoms with van der Waals surface area (Å²) in [5.74, 6) is 0. The lowest BCUT2D eigenvalue weighted by Crippen LogP contribution is -2.30. The van der Waals surface area contributed by atoms with Gasteiger partial charge in [0.1, 0.15) is 0 Å². The molecule has 0 aromatic heterocycles. The van der Waals surface area contributed by atoms with Gasteiger partial charge in [-0.3, -0.25) is 4.57 Å². The third-order valence-corrected chi connectivity index (χ3v) is 4.59. The summed E-state index contributed by atoms with van der Waals surface area (Å²) in [6.45, 7) is 0.651. The average Bonchev–Trinajstić information content (AvgIpc) is 2.17. The Morgan fingerprint density at radius 3 is 2.79 bits per heavy atom. The molecule has 0 radical (unpaired) electrons. The number of para-hydroxylation sites is 1. The first-order valence-corrected chi connectivity index (χ1v) is 6.17. The maximum Gasteiger partial charge on any atom is 0.305 e. The molecule has 2 rings (SSSR count). The van der Waals surface area contributed by atoms with Crippen LogP contribution in [0.4, 0.5) is 5.69 Å². The van der Waals surface area contributed by atoms with E-state index in [4.69, 9.17) is 0 Å². The van der Waals surface area contributed by atoms with Gasteiger partial charge >= 0.3 is 7.59 Å². The Hall–Kier alpha value is -0.830. The molecule has 1 aliphatic heterocycles. The van der Waals surface area contributed by atoms with Crippen LogP contribution in [0.1, 0.15) is 5.56 Å². The minimum absolute atomic E-state index is 0.651. The lowest BCUT2D eigenvalue weighted by atomic mass is 10.2. The Kier molecular flexibility index (Phi) is 2.35. The van der Waals surface area contributed by atoms with Crippen LogP contribution in [0.3, 0.4) is 0 Å². The maximum absolute atomic E-state index is 12.2. The Morgan fingerprint density at radius 2 is 2.07 bits per heavy atom. The fourth-order valence-electron chi connectivity index (χ4n) is 1.42. The van der Waals surface area contributed by atoms with Gasteiger partial charge in [-0.15, -0.1) is 0 Å². The van der Waals surface area contributed by atoms with Crippen LogP contribution >= 0.6 is 7.59 Å². The van der Waals surface area contributed by atoms with E-state index in [2.05, 4.69) is 10.2 Å². The predicted octanol–water partition coefficient (Wildman–Crippen LogP) is 1.87. The van der Waals surface area contributed by atoms with Gasteiger partial charge in [0.2, 0.25) is 0 Å². The average molecular weight is 211 g/mol. The molecule has 1 heterocycles. The van der Waals surface area contributed by atoms with Crippen LogP contribution in [-0.2, 0) is 11.1 Å². The number of anilines is 1. The monoisotopic (exact) mass is 211 g/mol. The molecular weight excluding hydrogens is 197 g/mol. The van der Waals surface area contributed by atoms with Gasteiger partial charge in [-0.2, -0.15) is 0 Å². The summed E-state index contributed by atoms with van der Waals surface area (Å²) >= 11 is 0. The Bertz CT molecular complexity index is 391. The summed E-state index contributed by atoms with van der Waals surface area (Å²) in [5, 5.41) is 6.06. The molecule has 0 saturated carbocycles. The van der Waals surface area contributed by atoms with Crippen LogP contribution < -0.4 is 10.2 Å². The van der Waals surface area contributed by atoms with E-state index in [1.54, 1.807) is 18.8 Å². The third-order valence-electron chi connectivity index (χ3n) is 2.34. The molecule has 1 aromatic carbocycles. The zero-order valence-electron chi connectivity index (χ0n) is 8.32. The lowest BCUT2D eigenvalue weighted by Gasteiger charge is -2.32. The van der Waals surface area contributed by atoms with E-state index in [1.807, 2.05) is 24.3 Å². The minimum atomic E-state index is -2.58. The number of hydrogen-bond donors (Lipinski definition) is 2. The second kappa shape index (κ2) is 3.39. The van der Waals surface area contributed by atoms with Crippen LogP contribution in [0.15, 0.2) is 24.3 Å². The number of rotatable bonds is 1. The summed E-state index contributed by atoms with van der Waals surface area (Å²) < 4.78 is 13.9. The highest BCUT2D eigenvalue weighted by atomic mass is 31.2. The van der Waals surface area contributed by atoms with Gasteiger partial charge in [-0.1, -0.05) is 18.2 Å². The molecule has 4 nitrogen and oxygen atoms in total. The smallest absolute Gasteiger partial charge is 0.305 e. The molecule has 1 aliphatic rings. The van der Waals surface area contributed by atoms with E-state index in [9.17, 15) is 4.57 Å². The fraction of sp³-hybridized carbons (Fsp3) is 0.333. The van der Waals surface area contributed by atoms with Crippen LogP contribution in [0, 0.1) is 0 Å². The van der Waals surface area contributed by atoms with Crippen molar-refractivity contribution >= 4 is 13.3 Å². The molecule has 0 fully saturated rings. The SMILES string of the molecule is CN(C)[P@]1(=O)NCc2ccccc2N1. The zero-order valence-corrected chi connectivity index (χ0v) is 9.21. The van der Waals surface area contributed by atoms with E-state index in [1.165, 1.54) is 0 Å². The van der Waals surface area contributed by atoms with E-state index in [-0.39, 0.29) is 0 Å². The molecule has 0 amide bonds. The van der Waals surface area contributed by atoms with Gasteiger partial charge in [-0.05, 0) is 25.7 Å². The molecule has 1 atom stereocenters. The standard InChI is InChI=1S/C9H14N3OP/c1-12(2)14(13)10-7-8-5-3-4-6-9(8)11-14/h3-6H,7H2,1-2H3,(H2,10,11,13)/t14-/m0/s1. The second-order valence-electron chi connectivity index (χ2n) is 3.53. The van der Waals surface area contributed by atoms with Crippen molar-refractivity contribution in [1.29, 1.82) is 0 Å². The van der Waals surface area contributed by atoms with Gasteiger partial charge in [0.15, 0.2) is 0 Å². The summed E-state index contributed by atoms with van der Waals surface area (Å²) in [4.78, 5) is 0. The molecular formula is C9H14N3OP. The Balaban J connectivity index is 2.34.